The van der Waals surface area contributed by atoms with Gasteiger partial charge in [-0.25, -0.2) is 0 Å². The second-order valence-electron chi connectivity index (χ2n) is 8.72. The molecule has 2 heterocycles. The summed E-state index contributed by atoms with van der Waals surface area (Å²) in [7, 11) is 0. The Balaban J connectivity index is 1.17. The maximum atomic E-state index is 12.6. The molecule has 0 bridgehead atoms. The van der Waals surface area contributed by atoms with E-state index in [0.717, 1.165) is 31.7 Å². The third-order valence-electron chi connectivity index (χ3n) is 6.29. The predicted molar refractivity (Wildman–Crippen MR) is 129 cm³/mol. The summed E-state index contributed by atoms with van der Waals surface area (Å²) in [5, 5.41) is 2.71. The van der Waals surface area contributed by atoms with Gasteiger partial charge in [-0.2, -0.15) is 0 Å². The molecule has 8 nitrogen and oxygen atoms in total. The van der Waals surface area contributed by atoms with Crippen LogP contribution >= 0.6 is 0 Å². The summed E-state index contributed by atoms with van der Waals surface area (Å²) < 4.78 is 5.74. The molecule has 0 unspecified atom stereocenters. The second-order valence-corrected chi connectivity index (χ2v) is 8.72. The zero-order chi connectivity index (χ0) is 23.8. The van der Waals surface area contributed by atoms with Gasteiger partial charge in [-0.05, 0) is 55.7 Å². The number of amides is 3. The lowest BCUT2D eigenvalue weighted by atomic mass is 10.1. The molecule has 1 N–H and O–H groups in total. The van der Waals surface area contributed by atoms with E-state index in [4.69, 9.17) is 4.74 Å². The largest absolute Gasteiger partial charge is 0.457 e. The van der Waals surface area contributed by atoms with E-state index in [1.807, 2.05) is 35.2 Å². The first kappa shape index (κ1) is 23.8. The molecule has 0 aromatic heterocycles. The van der Waals surface area contributed by atoms with Gasteiger partial charge in [0.25, 0.3) is 5.91 Å². The Hall–Kier alpha value is -3.39. The van der Waals surface area contributed by atoms with Crippen LogP contribution in [-0.2, 0) is 9.59 Å². The number of piperazine rings is 1. The molecule has 180 valence electrons. The molecule has 34 heavy (non-hydrogen) atoms. The summed E-state index contributed by atoms with van der Waals surface area (Å²) in [6, 6.07) is 16.2. The van der Waals surface area contributed by atoms with E-state index in [-0.39, 0.29) is 24.3 Å². The molecule has 2 aromatic carbocycles. The normalized spacial score (nSPS) is 16.7. The molecule has 2 saturated heterocycles. The molecule has 8 heteroatoms. The van der Waals surface area contributed by atoms with Gasteiger partial charge in [0.15, 0.2) is 0 Å². The number of carbonyl (C=O) groups is 3. The fraction of sp³-hybridized carbons (Fsp3) is 0.423. The summed E-state index contributed by atoms with van der Waals surface area (Å²) in [5.41, 5.74) is 0.467. The Labute approximate surface area is 200 Å². The van der Waals surface area contributed by atoms with Crippen LogP contribution < -0.4 is 10.1 Å². The first-order valence-corrected chi connectivity index (χ1v) is 12.0. The Morgan fingerprint density at radius 1 is 0.706 bits per heavy atom. The van der Waals surface area contributed by atoms with Crippen molar-refractivity contribution < 1.29 is 19.1 Å². The summed E-state index contributed by atoms with van der Waals surface area (Å²) in [4.78, 5) is 43.3. The standard InChI is InChI=1S/C26H32N4O4/c31-24(30-17-15-28(16-18-30)20-25(32)29-13-5-2-6-14-29)19-27-26(33)21-9-11-23(12-10-21)34-22-7-3-1-4-8-22/h1,3-4,7-12H,2,5-6,13-20H2,(H,27,33). The molecule has 0 aliphatic carbocycles. The highest BCUT2D eigenvalue weighted by Gasteiger charge is 2.25. The first-order valence-electron chi connectivity index (χ1n) is 12.0. The Kier molecular flexibility index (Phi) is 8.14. The smallest absolute Gasteiger partial charge is 0.251 e. The third-order valence-corrected chi connectivity index (χ3v) is 6.29. The number of likely N-dealkylation sites (tertiary alicyclic amines) is 1. The van der Waals surface area contributed by atoms with Gasteiger partial charge in [0.2, 0.25) is 11.8 Å². The Morgan fingerprint density at radius 3 is 2.00 bits per heavy atom. The highest BCUT2D eigenvalue weighted by molar-refractivity contribution is 5.96. The zero-order valence-corrected chi connectivity index (χ0v) is 19.4. The molecule has 0 radical (unpaired) electrons. The fourth-order valence-corrected chi connectivity index (χ4v) is 4.26. The number of para-hydroxylation sites is 1. The first-order chi connectivity index (χ1) is 16.6. The minimum absolute atomic E-state index is 0.0478. The molecule has 3 amide bonds. The van der Waals surface area contributed by atoms with E-state index in [1.165, 1.54) is 6.42 Å². The van der Waals surface area contributed by atoms with E-state index in [0.29, 0.717) is 44.0 Å². The number of carbonyl (C=O) groups excluding carboxylic acids is 3. The number of nitrogens with one attached hydrogen (secondary N) is 1. The monoisotopic (exact) mass is 464 g/mol. The number of hydrogen-bond donors (Lipinski definition) is 1. The maximum Gasteiger partial charge on any atom is 0.251 e. The van der Waals surface area contributed by atoms with Crippen LogP contribution in [0.4, 0.5) is 0 Å². The van der Waals surface area contributed by atoms with E-state index in [2.05, 4.69) is 10.2 Å². The number of ether oxygens (including phenoxy) is 1. The van der Waals surface area contributed by atoms with Crippen molar-refractivity contribution in [1.82, 2.24) is 20.0 Å². The van der Waals surface area contributed by atoms with Crippen molar-refractivity contribution in [3.63, 3.8) is 0 Å². The summed E-state index contributed by atoms with van der Waals surface area (Å²) >= 11 is 0. The van der Waals surface area contributed by atoms with Gasteiger partial charge in [-0.3, -0.25) is 19.3 Å². The lowest BCUT2D eigenvalue weighted by molar-refractivity contribution is -0.135. The predicted octanol–water partition coefficient (Wildman–Crippen LogP) is 2.37. The molecule has 2 aliphatic rings. The van der Waals surface area contributed by atoms with Crippen molar-refractivity contribution in [3.05, 3.63) is 60.2 Å². The maximum absolute atomic E-state index is 12.6. The fourth-order valence-electron chi connectivity index (χ4n) is 4.26. The van der Waals surface area contributed by atoms with Gasteiger partial charge >= 0.3 is 0 Å². The minimum Gasteiger partial charge on any atom is -0.457 e. The number of benzene rings is 2. The van der Waals surface area contributed by atoms with E-state index >= 15 is 0 Å². The average Bonchev–Trinajstić information content (AvgIpc) is 2.89. The average molecular weight is 465 g/mol. The van der Waals surface area contributed by atoms with Gasteiger partial charge in [0.1, 0.15) is 11.5 Å². The lowest BCUT2D eigenvalue weighted by Crippen LogP contribution is -2.53. The van der Waals surface area contributed by atoms with E-state index in [1.54, 1.807) is 29.2 Å². The summed E-state index contributed by atoms with van der Waals surface area (Å²) in [5.74, 6) is 1.13. The van der Waals surface area contributed by atoms with Crippen LogP contribution in [0.5, 0.6) is 11.5 Å². The van der Waals surface area contributed by atoms with Crippen LogP contribution in [0.3, 0.4) is 0 Å². The third kappa shape index (κ3) is 6.57. The number of nitrogens with zero attached hydrogens (tertiary/aromatic N) is 3. The van der Waals surface area contributed by atoms with Crippen LogP contribution in [-0.4, -0.2) is 84.8 Å². The van der Waals surface area contributed by atoms with Crippen molar-refractivity contribution in [1.29, 1.82) is 0 Å². The van der Waals surface area contributed by atoms with E-state index in [9.17, 15) is 14.4 Å². The topological polar surface area (TPSA) is 82.2 Å². The molecule has 4 rings (SSSR count). The van der Waals surface area contributed by atoms with Crippen molar-refractivity contribution in [3.8, 4) is 11.5 Å². The molecule has 0 saturated carbocycles. The molecular formula is C26H32N4O4. The quantitative estimate of drug-likeness (QED) is 0.680. The van der Waals surface area contributed by atoms with Crippen LogP contribution in [0.25, 0.3) is 0 Å². The molecular weight excluding hydrogens is 432 g/mol. The van der Waals surface area contributed by atoms with Crippen LogP contribution in [0.2, 0.25) is 0 Å². The number of hydrogen-bond acceptors (Lipinski definition) is 5. The molecule has 2 fully saturated rings. The zero-order valence-electron chi connectivity index (χ0n) is 19.4. The molecule has 2 aromatic rings. The second kappa shape index (κ2) is 11.7. The van der Waals surface area contributed by atoms with E-state index < -0.39 is 0 Å². The number of piperidine rings is 1. The van der Waals surface area contributed by atoms with Gasteiger partial charge in [0.05, 0.1) is 13.1 Å². The minimum atomic E-state index is -0.301. The van der Waals surface area contributed by atoms with Gasteiger partial charge < -0.3 is 19.9 Å². The highest BCUT2D eigenvalue weighted by Crippen LogP contribution is 2.21. The molecule has 0 atom stereocenters. The van der Waals surface area contributed by atoms with Crippen molar-refractivity contribution in [2.24, 2.45) is 0 Å². The summed E-state index contributed by atoms with van der Waals surface area (Å²) in [6.07, 6.45) is 3.38. The van der Waals surface area contributed by atoms with Gasteiger partial charge in [0, 0.05) is 44.8 Å². The molecule has 0 spiro atoms. The van der Waals surface area contributed by atoms with Crippen LogP contribution in [0, 0.1) is 0 Å². The SMILES string of the molecule is O=C(NCC(=O)N1CCN(CC(=O)N2CCCCC2)CC1)c1ccc(Oc2ccccc2)cc1. The molecule has 2 aliphatic heterocycles. The lowest BCUT2D eigenvalue weighted by Gasteiger charge is -2.36. The highest BCUT2D eigenvalue weighted by atomic mass is 16.5. The number of rotatable bonds is 7. The van der Waals surface area contributed by atoms with Gasteiger partial charge in [-0.1, -0.05) is 18.2 Å². The van der Waals surface area contributed by atoms with Crippen molar-refractivity contribution >= 4 is 17.7 Å². The Morgan fingerprint density at radius 2 is 1.32 bits per heavy atom. The summed E-state index contributed by atoms with van der Waals surface area (Å²) in [6.45, 7) is 4.56. The van der Waals surface area contributed by atoms with Crippen molar-refractivity contribution in [2.45, 2.75) is 19.3 Å². The van der Waals surface area contributed by atoms with Gasteiger partial charge in [-0.15, -0.1) is 0 Å². The van der Waals surface area contributed by atoms with Crippen LogP contribution in [0.1, 0.15) is 29.6 Å². The van der Waals surface area contributed by atoms with Crippen LogP contribution in [0.15, 0.2) is 54.6 Å². The van der Waals surface area contributed by atoms with Crippen molar-refractivity contribution in [2.75, 3.05) is 52.4 Å². The Bertz CT molecular complexity index is 966.